The van der Waals surface area contributed by atoms with Crippen LogP contribution < -0.4 is 5.73 Å². The van der Waals surface area contributed by atoms with Crippen LogP contribution >= 0.6 is 24.0 Å². The molecule has 0 amide bonds. The molecule has 18 heavy (non-hydrogen) atoms. The third kappa shape index (κ3) is 9.49. The first-order valence-corrected chi connectivity index (χ1v) is 6.27. The Labute approximate surface area is 127 Å². The fourth-order valence-electron chi connectivity index (χ4n) is 1.50. The topological polar surface area (TPSA) is 67.9 Å². The van der Waals surface area contributed by atoms with Gasteiger partial charge in [0.15, 0.2) is 5.96 Å². The molecule has 2 N–H and O–H groups in total. The Morgan fingerprint density at radius 1 is 1.22 bits per heavy atom. The van der Waals surface area contributed by atoms with Gasteiger partial charge in [-0.3, -0.25) is 9.79 Å². The van der Waals surface area contributed by atoms with Crippen molar-refractivity contribution in [2.24, 2.45) is 10.7 Å². The maximum Gasteiger partial charge on any atom is 0.305 e. The van der Waals surface area contributed by atoms with Gasteiger partial charge in [-0.25, -0.2) is 0 Å². The van der Waals surface area contributed by atoms with Gasteiger partial charge in [0.05, 0.1) is 7.11 Å². The van der Waals surface area contributed by atoms with Crippen LogP contribution in [0, 0.1) is 0 Å². The lowest BCUT2D eigenvalue weighted by atomic mass is 10.2. The number of nitrogens with two attached hydrogens (primary N) is 1. The maximum atomic E-state index is 10.8. The lowest BCUT2D eigenvalue weighted by Crippen LogP contribution is -2.37. The van der Waals surface area contributed by atoms with E-state index in [0.29, 0.717) is 12.4 Å². The van der Waals surface area contributed by atoms with Crippen LogP contribution in [0.1, 0.15) is 39.5 Å². The fraction of sp³-hybridized carbons (Fsp3) is 0.833. The van der Waals surface area contributed by atoms with E-state index < -0.39 is 0 Å². The summed E-state index contributed by atoms with van der Waals surface area (Å²) < 4.78 is 4.56. The van der Waals surface area contributed by atoms with Crippen molar-refractivity contribution in [3.63, 3.8) is 0 Å². The summed E-state index contributed by atoms with van der Waals surface area (Å²) in [6.07, 6.45) is 3.28. The van der Waals surface area contributed by atoms with Crippen LogP contribution in [0.2, 0.25) is 0 Å². The highest BCUT2D eigenvalue weighted by Gasteiger charge is 2.01. The molecule has 0 bridgehead atoms. The lowest BCUT2D eigenvalue weighted by Gasteiger charge is -2.19. The number of hydrogen-bond acceptors (Lipinski definition) is 3. The normalized spacial score (nSPS) is 10.7. The Bertz CT molecular complexity index is 243. The zero-order chi connectivity index (χ0) is 13.1. The Hall–Kier alpha value is -0.530. The Morgan fingerprint density at radius 3 is 2.33 bits per heavy atom. The van der Waals surface area contributed by atoms with Crippen LogP contribution in [0.15, 0.2) is 4.99 Å². The molecule has 0 rings (SSSR count). The van der Waals surface area contributed by atoms with Gasteiger partial charge in [0, 0.05) is 26.1 Å². The molecule has 0 saturated carbocycles. The van der Waals surface area contributed by atoms with E-state index in [9.17, 15) is 4.79 Å². The van der Waals surface area contributed by atoms with E-state index in [1.165, 1.54) is 7.11 Å². The number of methoxy groups -OCH3 is 1. The summed E-state index contributed by atoms with van der Waals surface area (Å²) in [6, 6.07) is 0. The SMILES string of the molecule is CCN(CC)C(N)=NCCCCCC(=O)OC.I. The number of unbranched alkanes of at least 4 members (excludes halogenated alkanes) is 2. The standard InChI is InChI=1S/C12H25N3O2.HI/c1-4-15(5-2)12(13)14-10-8-6-7-9-11(16)17-3;/h4-10H2,1-3H3,(H2,13,14);1H. The highest BCUT2D eigenvalue weighted by atomic mass is 127. The van der Waals surface area contributed by atoms with Gasteiger partial charge in [-0.15, -0.1) is 24.0 Å². The largest absolute Gasteiger partial charge is 0.469 e. The van der Waals surface area contributed by atoms with Gasteiger partial charge < -0.3 is 15.4 Å². The number of halogens is 1. The number of carbonyl (C=O) groups excluding carboxylic acids is 1. The molecule has 0 aliphatic rings. The molecular weight excluding hydrogens is 345 g/mol. The van der Waals surface area contributed by atoms with Gasteiger partial charge in [0.1, 0.15) is 0 Å². The first-order chi connectivity index (χ1) is 8.15. The molecule has 0 aliphatic carbocycles. The summed E-state index contributed by atoms with van der Waals surface area (Å²) in [5, 5.41) is 0. The molecule has 108 valence electrons. The second-order valence-corrected chi connectivity index (χ2v) is 3.80. The first-order valence-electron chi connectivity index (χ1n) is 6.27. The minimum atomic E-state index is -0.142. The van der Waals surface area contributed by atoms with Crippen LogP contribution in [0.3, 0.4) is 0 Å². The van der Waals surface area contributed by atoms with Crippen molar-refractivity contribution < 1.29 is 9.53 Å². The van der Waals surface area contributed by atoms with E-state index >= 15 is 0 Å². The summed E-state index contributed by atoms with van der Waals surface area (Å²) in [4.78, 5) is 17.2. The van der Waals surface area contributed by atoms with Gasteiger partial charge >= 0.3 is 5.97 Å². The zero-order valence-electron chi connectivity index (χ0n) is 11.6. The summed E-state index contributed by atoms with van der Waals surface area (Å²) in [5.41, 5.74) is 5.83. The molecule has 6 heteroatoms. The average Bonchev–Trinajstić information content (AvgIpc) is 2.34. The van der Waals surface area contributed by atoms with Crippen molar-refractivity contribution >= 4 is 35.9 Å². The van der Waals surface area contributed by atoms with Crippen molar-refractivity contribution in [3.05, 3.63) is 0 Å². The van der Waals surface area contributed by atoms with E-state index in [2.05, 4.69) is 23.6 Å². The number of rotatable bonds is 8. The number of ether oxygens (including phenoxy) is 1. The molecule has 0 radical (unpaired) electrons. The van der Waals surface area contributed by atoms with Gasteiger partial charge in [0.25, 0.3) is 0 Å². The fourth-order valence-corrected chi connectivity index (χ4v) is 1.50. The van der Waals surface area contributed by atoms with E-state index in [-0.39, 0.29) is 29.9 Å². The predicted molar refractivity (Wildman–Crippen MR) is 85.3 cm³/mol. The maximum absolute atomic E-state index is 10.8. The Morgan fingerprint density at radius 2 is 1.83 bits per heavy atom. The number of guanidine groups is 1. The number of carbonyl (C=O) groups is 1. The molecule has 0 saturated heterocycles. The molecule has 0 aromatic carbocycles. The summed E-state index contributed by atoms with van der Waals surface area (Å²) >= 11 is 0. The molecule has 0 aromatic heterocycles. The summed E-state index contributed by atoms with van der Waals surface area (Å²) in [6.45, 7) is 6.61. The number of nitrogens with zero attached hydrogens (tertiary/aromatic N) is 2. The third-order valence-corrected chi connectivity index (χ3v) is 2.63. The molecule has 0 heterocycles. The van der Waals surface area contributed by atoms with Crippen molar-refractivity contribution in [3.8, 4) is 0 Å². The van der Waals surface area contributed by atoms with Gasteiger partial charge in [-0.2, -0.15) is 0 Å². The second kappa shape index (κ2) is 12.9. The molecular formula is C12H26IN3O2. The zero-order valence-corrected chi connectivity index (χ0v) is 14.0. The van der Waals surface area contributed by atoms with Crippen molar-refractivity contribution in [1.82, 2.24) is 4.90 Å². The average molecular weight is 371 g/mol. The van der Waals surface area contributed by atoms with E-state index in [0.717, 1.165) is 38.9 Å². The minimum Gasteiger partial charge on any atom is -0.469 e. The van der Waals surface area contributed by atoms with Crippen LogP contribution in [0.4, 0.5) is 0 Å². The third-order valence-electron chi connectivity index (χ3n) is 2.63. The molecule has 0 aliphatic heterocycles. The molecule has 0 atom stereocenters. The highest BCUT2D eigenvalue weighted by Crippen LogP contribution is 2.01. The summed E-state index contributed by atoms with van der Waals surface area (Å²) in [7, 11) is 1.41. The number of aliphatic imine (C=N–C) groups is 1. The van der Waals surface area contributed by atoms with Crippen molar-refractivity contribution in [2.75, 3.05) is 26.7 Å². The Kier molecular flexibility index (Phi) is 14.2. The van der Waals surface area contributed by atoms with Crippen LogP contribution in [0.25, 0.3) is 0 Å². The van der Waals surface area contributed by atoms with Crippen LogP contribution in [-0.4, -0.2) is 43.6 Å². The molecule has 0 spiro atoms. The Balaban J connectivity index is 0. The van der Waals surface area contributed by atoms with E-state index in [1.807, 2.05) is 4.90 Å². The monoisotopic (exact) mass is 371 g/mol. The van der Waals surface area contributed by atoms with Gasteiger partial charge in [-0.1, -0.05) is 6.42 Å². The van der Waals surface area contributed by atoms with Crippen LogP contribution in [-0.2, 0) is 9.53 Å². The van der Waals surface area contributed by atoms with Crippen LogP contribution in [0.5, 0.6) is 0 Å². The minimum absolute atomic E-state index is 0. The first kappa shape index (κ1) is 19.8. The van der Waals surface area contributed by atoms with E-state index in [1.54, 1.807) is 0 Å². The van der Waals surface area contributed by atoms with Crippen molar-refractivity contribution in [1.29, 1.82) is 0 Å². The number of esters is 1. The smallest absolute Gasteiger partial charge is 0.305 e. The second-order valence-electron chi connectivity index (χ2n) is 3.80. The predicted octanol–water partition coefficient (Wildman–Crippen LogP) is 1.99. The lowest BCUT2D eigenvalue weighted by molar-refractivity contribution is -0.140. The molecule has 5 nitrogen and oxygen atoms in total. The summed E-state index contributed by atoms with van der Waals surface area (Å²) in [5.74, 6) is 0.471. The van der Waals surface area contributed by atoms with E-state index in [4.69, 9.17) is 5.73 Å². The molecule has 0 aromatic rings. The quantitative estimate of drug-likeness (QED) is 0.233. The number of hydrogen-bond donors (Lipinski definition) is 1. The molecule has 0 unspecified atom stereocenters. The molecule has 0 fully saturated rings. The highest BCUT2D eigenvalue weighted by molar-refractivity contribution is 14.0. The van der Waals surface area contributed by atoms with Crippen molar-refractivity contribution in [2.45, 2.75) is 39.5 Å². The van der Waals surface area contributed by atoms with Gasteiger partial charge in [-0.05, 0) is 26.7 Å². The van der Waals surface area contributed by atoms with Gasteiger partial charge in [0.2, 0.25) is 0 Å².